The van der Waals surface area contributed by atoms with Crippen molar-refractivity contribution < 1.29 is 13.9 Å². The Morgan fingerprint density at radius 3 is 2.96 bits per heavy atom. The number of esters is 1. The first kappa shape index (κ1) is 14.7. The second-order valence-electron chi connectivity index (χ2n) is 6.08. The fourth-order valence-corrected chi connectivity index (χ4v) is 4.08. The highest BCUT2D eigenvalue weighted by Gasteiger charge is 2.44. The lowest BCUT2D eigenvalue weighted by Crippen LogP contribution is -2.10. The van der Waals surface area contributed by atoms with Crippen molar-refractivity contribution in [1.82, 2.24) is 9.78 Å². The number of carbonyl (C=O) groups excluding carboxylic acids is 1. The molecule has 2 unspecified atom stereocenters. The molecule has 1 aromatic carbocycles. The molecular formula is C17H16ClFN2O2. The van der Waals surface area contributed by atoms with Crippen LogP contribution in [0, 0.1) is 5.82 Å². The average molecular weight is 335 g/mol. The molecule has 2 aliphatic rings. The fraction of sp³-hybridized carbons (Fsp3) is 0.412. The standard InChI is InChI=1S/C17H16ClFN2O2/c1-2-23-17(22)15-14-9-3-4-10(7-9)16(14)21(20-15)13-6-5-11(18)8-12(13)19/h5-6,8-10H,2-4,7H2,1H3. The smallest absolute Gasteiger partial charge is 0.359 e. The summed E-state index contributed by atoms with van der Waals surface area (Å²) in [5.41, 5.74) is 2.58. The molecule has 120 valence electrons. The summed E-state index contributed by atoms with van der Waals surface area (Å²) in [7, 11) is 0. The van der Waals surface area contributed by atoms with Crippen LogP contribution in [0.25, 0.3) is 5.69 Å². The Balaban J connectivity index is 1.90. The van der Waals surface area contributed by atoms with Crippen molar-refractivity contribution in [2.45, 2.75) is 38.0 Å². The topological polar surface area (TPSA) is 44.1 Å². The summed E-state index contributed by atoms with van der Waals surface area (Å²) in [5, 5.41) is 4.75. The van der Waals surface area contributed by atoms with Crippen molar-refractivity contribution in [1.29, 1.82) is 0 Å². The Morgan fingerprint density at radius 2 is 2.22 bits per heavy atom. The van der Waals surface area contributed by atoms with Crippen LogP contribution in [0.15, 0.2) is 18.2 Å². The zero-order valence-electron chi connectivity index (χ0n) is 12.7. The minimum Gasteiger partial charge on any atom is -0.461 e. The molecule has 0 saturated heterocycles. The maximum Gasteiger partial charge on any atom is 0.359 e. The number of hydrogen-bond donors (Lipinski definition) is 0. The fourth-order valence-electron chi connectivity index (χ4n) is 3.92. The third kappa shape index (κ3) is 2.17. The zero-order chi connectivity index (χ0) is 16.1. The quantitative estimate of drug-likeness (QED) is 0.790. The van der Waals surface area contributed by atoms with Gasteiger partial charge in [0, 0.05) is 16.5 Å². The maximum absolute atomic E-state index is 14.3. The van der Waals surface area contributed by atoms with E-state index in [9.17, 15) is 9.18 Å². The summed E-state index contributed by atoms with van der Waals surface area (Å²) < 4.78 is 21.1. The van der Waals surface area contributed by atoms with Crippen molar-refractivity contribution >= 4 is 17.6 Å². The molecule has 4 rings (SSSR count). The lowest BCUT2D eigenvalue weighted by Gasteiger charge is -2.14. The van der Waals surface area contributed by atoms with Gasteiger partial charge in [0.25, 0.3) is 0 Å². The Labute approximate surface area is 138 Å². The number of halogens is 2. The van der Waals surface area contributed by atoms with E-state index in [1.807, 2.05) is 0 Å². The summed E-state index contributed by atoms with van der Waals surface area (Å²) in [6, 6.07) is 4.50. The summed E-state index contributed by atoms with van der Waals surface area (Å²) in [5.74, 6) is -0.204. The molecule has 4 nitrogen and oxygen atoms in total. The van der Waals surface area contributed by atoms with Gasteiger partial charge in [-0.1, -0.05) is 11.6 Å². The molecular weight excluding hydrogens is 319 g/mol. The Morgan fingerprint density at radius 1 is 1.43 bits per heavy atom. The number of ether oxygens (including phenoxy) is 1. The van der Waals surface area contributed by atoms with Crippen LogP contribution >= 0.6 is 11.6 Å². The van der Waals surface area contributed by atoms with E-state index in [0.717, 1.165) is 30.5 Å². The van der Waals surface area contributed by atoms with Gasteiger partial charge in [-0.2, -0.15) is 5.10 Å². The number of aromatic nitrogens is 2. The molecule has 0 aliphatic heterocycles. The molecule has 2 atom stereocenters. The normalized spacial score (nSPS) is 21.5. The molecule has 23 heavy (non-hydrogen) atoms. The average Bonchev–Trinajstić information content (AvgIpc) is 3.19. The highest BCUT2D eigenvalue weighted by Crippen LogP contribution is 2.54. The Kier molecular flexibility index (Phi) is 3.41. The molecule has 0 amide bonds. The van der Waals surface area contributed by atoms with E-state index in [4.69, 9.17) is 16.3 Å². The van der Waals surface area contributed by atoms with E-state index in [-0.39, 0.29) is 0 Å². The van der Waals surface area contributed by atoms with Crippen molar-refractivity contribution in [2.24, 2.45) is 0 Å². The van der Waals surface area contributed by atoms with Gasteiger partial charge in [-0.25, -0.2) is 13.9 Å². The van der Waals surface area contributed by atoms with E-state index in [0.29, 0.717) is 34.8 Å². The van der Waals surface area contributed by atoms with Crippen LogP contribution < -0.4 is 0 Å². The molecule has 0 N–H and O–H groups in total. The highest BCUT2D eigenvalue weighted by molar-refractivity contribution is 6.30. The maximum atomic E-state index is 14.3. The van der Waals surface area contributed by atoms with Gasteiger partial charge >= 0.3 is 5.97 Å². The molecule has 1 saturated carbocycles. The second-order valence-corrected chi connectivity index (χ2v) is 6.52. The minimum atomic E-state index is -0.444. The van der Waals surface area contributed by atoms with E-state index < -0.39 is 11.8 Å². The summed E-state index contributed by atoms with van der Waals surface area (Å²) in [4.78, 5) is 12.3. The molecule has 2 aliphatic carbocycles. The van der Waals surface area contributed by atoms with Crippen LogP contribution in [0.5, 0.6) is 0 Å². The molecule has 1 heterocycles. The Bertz CT molecular complexity index is 802. The number of benzene rings is 1. The van der Waals surface area contributed by atoms with Gasteiger partial charge in [-0.05, 0) is 50.3 Å². The number of carbonyl (C=O) groups is 1. The van der Waals surface area contributed by atoms with Crippen molar-refractivity contribution in [3.05, 3.63) is 46.0 Å². The van der Waals surface area contributed by atoms with Crippen LogP contribution in [0.1, 0.15) is 59.8 Å². The van der Waals surface area contributed by atoms with Crippen LogP contribution in [0.3, 0.4) is 0 Å². The lowest BCUT2D eigenvalue weighted by molar-refractivity contribution is 0.0517. The van der Waals surface area contributed by atoms with Gasteiger partial charge < -0.3 is 4.74 Å². The number of fused-ring (bicyclic) bond motifs is 5. The molecule has 0 spiro atoms. The predicted molar refractivity (Wildman–Crippen MR) is 83.8 cm³/mol. The first-order chi connectivity index (χ1) is 11.1. The van der Waals surface area contributed by atoms with Gasteiger partial charge in [0.2, 0.25) is 0 Å². The number of rotatable bonds is 3. The van der Waals surface area contributed by atoms with Crippen LogP contribution in [0.4, 0.5) is 4.39 Å². The molecule has 2 aromatic rings. The third-order valence-electron chi connectivity index (χ3n) is 4.79. The summed E-state index contributed by atoms with van der Waals surface area (Å²) in [6.45, 7) is 2.06. The molecule has 1 fully saturated rings. The molecule has 0 radical (unpaired) electrons. The van der Waals surface area contributed by atoms with Gasteiger partial charge in [0.1, 0.15) is 11.5 Å². The Hall–Kier alpha value is -1.88. The number of nitrogens with zero attached hydrogens (tertiary/aromatic N) is 2. The van der Waals surface area contributed by atoms with E-state index >= 15 is 0 Å². The van der Waals surface area contributed by atoms with Crippen molar-refractivity contribution in [3.63, 3.8) is 0 Å². The van der Waals surface area contributed by atoms with E-state index in [1.165, 1.54) is 6.07 Å². The van der Waals surface area contributed by atoms with Crippen molar-refractivity contribution in [2.75, 3.05) is 6.61 Å². The summed E-state index contributed by atoms with van der Waals surface area (Å²) in [6.07, 6.45) is 3.12. The molecule has 6 heteroatoms. The zero-order valence-corrected chi connectivity index (χ0v) is 13.4. The van der Waals surface area contributed by atoms with Gasteiger partial charge in [-0.3, -0.25) is 0 Å². The summed E-state index contributed by atoms with van der Waals surface area (Å²) >= 11 is 5.84. The van der Waals surface area contributed by atoms with Crippen molar-refractivity contribution in [3.8, 4) is 5.69 Å². The highest BCUT2D eigenvalue weighted by atomic mass is 35.5. The van der Waals surface area contributed by atoms with Gasteiger partial charge in [0.15, 0.2) is 5.69 Å². The van der Waals surface area contributed by atoms with Crippen LogP contribution in [-0.4, -0.2) is 22.4 Å². The third-order valence-corrected chi connectivity index (χ3v) is 5.03. The lowest BCUT2D eigenvalue weighted by atomic mass is 9.95. The number of hydrogen-bond acceptors (Lipinski definition) is 3. The van der Waals surface area contributed by atoms with Crippen LogP contribution in [-0.2, 0) is 4.74 Å². The first-order valence-corrected chi connectivity index (χ1v) is 8.23. The van der Waals surface area contributed by atoms with Gasteiger partial charge in [0.05, 0.1) is 12.3 Å². The predicted octanol–water partition coefficient (Wildman–Crippen LogP) is 4.21. The monoisotopic (exact) mass is 334 g/mol. The minimum absolute atomic E-state index is 0.296. The first-order valence-electron chi connectivity index (χ1n) is 7.85. The van der Waals surface area contributed by atoms with E-state index in [2.05, 4.69) is 5.10 Å². The second kappa shape index (κ2) is 5.34. The van der Waals surface area contributed by atoms with E-state index in [1.54, 1.807) is 23.7 Å². The largest absolute Gasteiger partial charge is 0.461 e. The van der Waals surface area contributed by atoms with Crippen LogP contribution in [0.2, 0.25) is 5.02 Å². The molecule has 1 aromatic heterocycles. The van der Waals surface area contributed by atoms with Gasteiger partial charge in [-0.15, -0.1) is 0 Å². The SMILES string of the molecule is CCOC(=O)c1nn(-c2ccc(Cl)cc2F)c2c1C1CCC2C1. The molecule has 2 bridgehead atoms.